The monoisotopic (exact) mass is 337 g/mol. The van der Waals surface area contributed by atoms with Crippen molar-refractivity contribution in [3.05, 3.63) is 33.8 Å². The molecule has 0 saturated heterocycles. The molecule has 2 heterocycles. The van der Waals surface area contributed by atoms with Gasteiger partial charge in [0.15, 0.2) is 0 Å². The van der Waals surface area contributed by atoms with Crippen LogP contribution < -0.4 is 5.32 Å². The average Bonchev–Trinajstić information content (AvgIpc) is 3.19. The summed E-state index contributed by atoms with van der Waals surface area (Å²) in [6, 6.07) is 6.67. The van der Waals surface area contributed by atoms with Gasteiger partial charge in [-0.25, -0.2) is 0 Å². The summed E-state index contributed by atoms with van der Waals surface area (Å²) in [6.45, 7) is 2.17. The van der Waals surface area contributed by atoms with Crippen molar-refractivity contribution in [2.45, 2.75) is 43.4 Å². The van der Waals surface area contributed by atoms with E-state index in [9.17, 15) is 0 Å². The number of nitrogens with one attached hydrogen (secondary N) is 1. The summed E-state index contributed by atoms with van der Waals surface area (Å²) in [4.78, 5) is 2.83. The molecule has 0 amide bonds. The first kappa shape index (κ1) is 15.6. The molecule has 1 fully saturated rings. The molecule has 0 atom stereocenters. The zero-order valence-corrected chi connectivity index (χ0v) is 15.0. The van der Waals surface area contributed by atoms with Crippen LogP contribution in [0.3, 0.4) is 0 Å². The molecule has 3 rings (SSSR count). The maximum absolute atomic E-state index is 3.71. The lowest BCUT2D eigenvalue weighted by atomic mass is 9.88. The number of hydrogen-bond acceptors (Lipinski definition) is 4. The van der Waals surface area contributed by atoms with Gasteiger partial charge in [0.25, 0.3) is 0 Å². The van der Waals surface area contributed by atoms with Gasteiger partial charge in [0.2, 0.25) is 0 Å². The Bertz CT molecular complexity index is 538. The molecule has 1 nitrogen and oxygen atoms in total. The highest BCUT2D eigenvalue weighted by atomic mass is 32.2. The van der Waals surface area contributed by atoms with E-state index in [4.69, 9.17) is 0 Å². The molecule has 21 heavy (non-hydrogen) atoms. The molecule has 4 heteroatoms. The Morgan fingerprint density at radius 1 is 1.24 bits per heavy atom. The zero-order chi connectivity index (χ0) is 14.5. The third-order valence-corrected chi connectivity index (χ3v) is 7.68. The quantitative estimate of drug-likeness (QED) is 0.733. The second-order valence-electron chi connectivity index (χ2n) is 5.83. The predicted octanol–water partition coefficient (Wildman–Crippen LogP) is 5.63. The van der Waals surface area contributed by atoms with E-state index in [1.54, 1.807) is 0 Å². The van der Waals surface area contributed by atoms with Gasteiger partial charge in [-0.3, -0.25) is 0 Å². The highest BCUT2D eigenvalue weighted by molar-refractivity contribution is 8.00. The summed E-state index contributed by atoms with van der Waals surface area (Å²) in [5.41, 5.74) is 1.38. The van der Waals surface area contributed by atoms with E-state index in [0.717, 1.165) is 13.1 Å². The van der Waals surface area contributed by atoms with Gasteiger partial charge in [0.05, 0.1) is 0 Å². The molecule has 0 aromatic carbocycles. The van der Waals surface area contributed by atoms with Gasteiger partial charge in [-0.2, -0.15) is 11.8 Å². The van der Waals surface area contributed by atoms with Crippen molar-refractivity contribution in [3.63, 3.8) is 0 Å². The Morgan fingerprint density at radius 3 is 2.81 bits per heavy atom. The van der Waals surface area contributed by atoms with Crippen LogP contribution in [-0.4, -0.2) is 17.5 Å². The second-order valence-corrected chi connectivity index (χ2v) is 9.05. The van der Waals surface area contributed by atoms with Crippen LogP contribution in [-0.2, 0) is 6.54 Å². The predicted molar refractivity (Wildman–Crippen MR) is 98.7 cm³/mol. The van der Waals surface area contributed by atoms with Crippen LogP contribution in [0.4, 0.5) is 0 Å². The molecule has 0 radical (unpaired) electrons. The summed E-state index contributed by atoms with van der Waals surface area (Å²) < 4.78 is 0.492. The smallest absolute Gasteiger partial charge is 0.0351 e. The standard InChI is InChI=1S/C17H23NS3/c1-19-17(7-3-2-4-8-17)13-18-11-15-10-14(12-21-15)16-6-5-9-20-16/h5-6,9-10,12,18H,2-4,7-8,11,13H2,1H3. The maximum atomic E-state index is 3.71. The molecule has 2 aromatic heterocycles. The van der Waals surface area contributed by atoms with Crippen LogP contribution in [0.15, 0.2) is 29.0 Å². The summed E-state index contributed by atoms with van der Waals surface area (Å²) in [7, 11) is 0. The molecule has 2 aromatic rings. The molecule has 1 aliphatic rings. The minimum Gasteiger partial charge on any atom is -0.310 e. The van der Waals surface area contributed by atoms with Crippen LogP contribution in [0, 0.1) is 0 Å². The van der Waals surface area contributed by atoms with Gasteiger partial charge in [0.1, 0.15) is 0 Å². The lowest BCUT2D eigenvalue weighted by Crippen LogP contribution is -2.38. The molecule has 0 spiro atoms. The van der Waals surface area contributed by atoms with Crippen molar-refractivity contribution in [2.75, 3.05) is 12.8 Å². The number of thioether (sulfide) groups is 1. The van der Waals surface area contributed by atoms with Crippen LogP contribution in [0.2, 0.25) is 0 Å². The van der Waals surface area contributed by atoms with Crippen LogP contribution in [0.1, 0.15) is 37.0 Å². The van der Waals surface area contributed by atoms with Gasteiger partial charge in [0, 0.05) is 33.2 Å². The first-order chi connectivity index (χ1) is 10.3. The average molecular weight is 338 g/mol. The normalized spacial score (nSPS) is 18.0. The molecule has 0 unspecified atom stereocenters. The SMILES string of the molecule is CSC1(CNCc2cc(-c3cccs3)cs2)CCCCC1. The van der Waals surface area contributed by atoms with E-state index in [1.165, 1.54) is 47.4 Å². The fraction of sp³-hybridized carbons (Fsp3) is 0.529. The first-order valence-corrected chi connectivity index (χ1v) is 10.7. The number of hydrogen-bond donors (Lipinski definition) is 1. The molecule has 1 N–H and O–H groups in total. The van der Waals surface area contributed by atoms with Gasteiger partial charge >= 0.3 is 0 Å². The lowest BCUT2D eigenvalue weighted by molar-refractivity contribution is 0.380. The molecular formula is C17H23NS3. The van der Waals surface area contributed by atoms with E-state index in [2.05, 4.69) is 52.3 Å². The van der Waals surface area contributed by atoms with Crippen molar-refractivity contribution in [1.82, 2.24) is 5.32 Å². The maximum Gasteiger partial charge on any atom is 0.0351 e. The number of thiophene rings is 2. The largest absolute Gasteiger partial charge is 0.310 e. The minimum absolute atomic E-state index is 0.492. The summed E-state index contributed by atoms with van der Waals surface area (Å²) in [5, 5.41) is 8.15. The number of rotatable bonds is 6. The van der Waals surface area contributed by atoms with Crippen molar-refractivity contribution in [3.8, 4) is 10.4 Å². The Morgan fingerprint density at radius 2 is 2.10 bits per heavy atom. The van der Waals surface area contributed by atoms with Crippen molar-refractivity contribution in [2.24, 2.45) is 0 Å². The topological polar surface area (TPSA) is 12.0 Å². The molecule has 114 valence electrons. The molecule has 1 aliphatic carbocycles. The summed E-state index contributed by atoms with van der Waals surface area (Å²) >= 11 is 5.77. The van der Waals surface area contributed by atoms with Crippen molar-refractivity contribution < 1.29 is 0 Å². The second kappa shape index (κ2) is 7.32. The van der Waals surface area contributed by atoms with Gasteiger partial charge in [-0.1, -0.05) is 25.3 Å². The van der Waals surface area contributed by atoms with Gasteiger partial charge < -0.3 is 5.32 Å². The minimum atomic E-state index is 0.492. The fourth-order valence-electron chi connectivity index (χ4n) is 3.11. The Hall–Kier alpha value is -0.290. The third-order valence-electron chi connectivity index (χ3n) is 4.40. The molecule has 1 saturated carbocycles. The highest BCUT2D eigenvalue weighted by Crippen LogP contribution is 2.38. The van der Waals surface area contributed by atoms with E-state index in [1.807, 2.05) is 22.7 Å². The Labute approximate surface area is 140 Å². The zero-order valence-electron chi connectivity index (χ0n) is 12.6. The van der Waals surface area contributed by atoms with Crippen LogP contribution in [0.25, 0.3) is 10.4 Å². The van der Waals surface area contributed by atoms with Crippen molar-refractivity contribution in [1.29, 1.82) is 0 Å². The molecular weight excluding hydrogens is 314 g/mol. The van der Waals surface area contributed by atoms with E-state index in [0.29, 0.717) is 4.75 Å². The van der Waals surface area contributed by atoms with Gasteiger partial charge in [-0.15, -0.1) is 22.7 Å². The first-order valence-electron chi connectivity index (χ1n) is 7.68. The highest BCUT2D eigenvalue weighted by Gasteiger charge is 2.30. The molecule has 0 bridgehead atoms. The van der Waals surface area contributed by atoms with Crippen LogP contribution >= 0.6 is 34.4 Å². The molecule has 0 aliphatic heterocycles. The fourth-order valence-corrected chi connectivity index (χ4v) is 5.69. The van der Waals surface area contributed by atoms with E-state index in [-0.39, 0.29) is 0 Å². The van der Waals surface area contributed by atoms with Crippen molar-refractivity contribution >= 4 is 34.4 Å². The Balaban J connectivity index is 1.53. The van der Waals surface area contributed by atoms with E-state index < -0.39 is 0 Å². The van der Waals surface area contributed by atoms with E-state index >= 15 is 0 Å². The lowest BCUT2D eigenvalue weighted by Gasteiger charge is -2.36. The third kappa shape index (κ3) is 3.92. The summed E-state index contributed by atoms with van der Waals surface area (Å²) in [5.74, 6) is 0. The summed E-state index contributed by atoms with van der Waals surface area (Å²) in [6.07, 6.45) is 9.29. The van der Waals surface area contributed by atoms with Crippen LogP contribution in [0.5, 0.6) is 0 Å². The Kier molecular flexibility index (Phi) is 5.43. The van der Waals surface area contributed by atoms with Gasteiger partial charge in [-0.05, 0) is 42.0 Å².